The number of nitrogens with two attached hydrogens (primary N) is 1. The molecule has 0 atom stereocenters. The van der Waals surface area contributed by atoms with Crippen molar-refractivity contribution < 1.29 is 14.3 Å². The smallest absolute Gasteiger partial charge is 0.255 e. The number of fused-ring (bicyclic) bond motifs is 1. The van der Waals surface area contributed by atoms with E-state index in [9.17, 15) is 14.9 Å². The minimum atomic E-state index is -0.470. The highest BCUT2D eigenvalue weighted by molar-refractivity contribution is 6.04. The molecule has 0 aliphatic heterocycles. The molecule has 1 fully saturated rings. The standard InChI is InChI=1S/C25H20N6O3/c26-15-25(9-10-25)17-4-1-3-16(11-17)24(33)29-18-5-2-6-20(12-18)34-23-8-7-22-28-19(13-21(27)32)14-31(22)30-23/h1-8,11-12,14H,9-10,13H2,(H2,27,32)(H,29,33). The molecule has 9 heteroatoms. The van der Waals surface area contributed by atoms with Gasteiger partial charge in [-0.15, -0.1) is 5.10 Å². The number of hydrogen-bond acceptors (Lipinski definition) is 6. The van der Waals surface area contributed by atoms with Crippen LogP contribution in [0.4, 0.5) is 5.69 Å². The van der Waals surface area contributed by atoms with Crippen LogP contribution >= 0.6 is 0 Å². The van der Waals surface area contributed by atoms with Crippen molar-refractivity contribution in [2.75, 3.05) is 5.32 Å². The summed E-state index contributed by atoms with van der Waals surface area (Å²) in [7, 11) is 0. The Morgan fingerprint density at radius 3 is 2.74 bits per heavy atom. The van der Waals surface area contributed by atoms with Crippen molar-refractivity contribution in [1.82, 2.24) is 14.6 Å². The minimum Gasteiger partial charge on any atom is -0.438 e. The summed E-state index contributed by atoms with van der Waals surface area (Å²) in [5.74, 6) is 0.0606. The Labute approximate surface area is 194 Å². The fourth-order valence-corrected chi connectivity index (χ4v) is 3.74. The Kier molecular flexibility index (Phi) is 5.18. The first-order valence-electron chi connectivity index (χ1n) is 10.7. The van der Waals surface area contributed by atoms with Gasteiger partial charge in [0.05, 0.1) is 29.8 Å². The summed E-state index contributed by atoms with van der Waals surface area (Å²) in [6, 6.07) is 19.9. The number of ether oxygens (including phenoxy) is 1. The van der Waals surface area contributed by atoms with Crippen LogP contribution in [0.2, 0.25) is 0 Å². The van der Waals surface area contributed by atoms with Crippen molar-refractivity contribution in [3.63, 3.8) is 0 Å². The van der Waals surface area contributed by atoms with Gasteiger partial charge in [0.15, 0.2) is 5.65 Å². The number of aromatic nitrogens is 3. The molecule has 9 nitrogen and oxygen atoms in total. The number of imidazole rings is 1. The van der Waals surface area contributed by atoms with Gasteiger partial charge in [0.1, 0.15) is 5.75 Å². The third-order valence-electron chi connectivity index (χ3n) is 5.66. The Morgan fingerprint density at radius 2 is 1.97 bits per heavy atom. The number of hydrogen-bond donors (Lipinski definition) is 2. The maximum atomic E-state index is 12.8. The minimum absolute atomic E-state index is 0.0295. The van der Waals surface area contributed by atoms with Gasteiger partial charge >= 0.3 is 0 Å². The molecule has 1 aliphatic rings. The van der Waals surface area contributed by atoms with E-state index in [1.165, 1.54) is 4.52 Å². The SMILES string of the molecule is N#CC1(c2cccc(C(=O)Nc3cccc(Oc4ccc5nc(CC(N)=O)cn5n4)c3)c2)CC1. The summed E-state index contributed by atoms with van der Waals surface area (Å²) >= 11 is 0. The number of benzene rings is 2. The van der Waals surface area contributed by atoms with Crippen LogP contribution in [0.1, 0.15) is 34.5 Å². The highest BCUT2D eigenvalue weighted by Crippen LogP contribution is 2.47. The second kappa shape index (κ2) is 8.33. The summed E-state index contributed by atoms with van der Waals surface area (Å²) in [5, 5.41) is 16.6. The fraction of sp³-hybridized carbons (Fsp3) is 0.160. The summed E-state index contributed by atoms with van der Waals surface area (Å²) in [4.78, 5) is 28.2. The Hall–Kier alpha value is -4.71. The molecule has 0 saturated heterocycles. The molecular formula is C25H20N6O3. The third kappa shape index (κ3) is 4.29. The molecule has 0 bridgehead atoms. The van der Waals surface area contributed by atoms with Crippen molar-refractivity contribution in [3.05, 3.63) is 83.7 Å². The lowest BCUT2D eigenvalue weighted by Gasteiger charge is -2.11. The van der Waals surface area contributed by atoms with Gasteiger partial charge in [-0.1, -0.05) is 18.2 Å². The first-order valence-corrected chi connectivity index (χ1v) is 10.7. The highest BCUT2D eigenvalue weighted by atomic mass is 16.5. The molecule has 2 aromatic carbocycles. The zero-order chi connectivity index (χ0) is 23.7. The molecule has 34 heavy (non-hydrogen) atoms. The van der Waals surface area contributed by atoms with Crippen LogP contribution in [0.15, 0.2) is 66.9 Å². The quantitative estimate of drug-likeness (QED) is 0.441. The molecule has 0 unspecified atom stereocenters. The van der Waals surface area contributed by atoms with Crippen LogP contribution in [0.3, 0.4) is 0 Å². The van der Waals surface area contributed by atoms with E-state index in [0.717, 1.165) is 18.4 Å². The maximum absolute atomic E-state index is 12.8. The number of primary amides is 1. The van der Waals surface area contributed by atoms with E-state index in [1.807, 2.05) is 6.07 Å². The van der Waals surface area contributed by atoms with E-state index in [-0.39, 0.29) is 12.3 Å². The molecule has 5 rings (SSSR count). The van der Waals surface area contributed by atoms with Crippen LogP contribution < -0.4 is 15.8 Å². The molecule has 0 radical (unpaired) electrons. The monoisotopic (exact) mass is 452 g/mol. The number of anilines is 1. The van der Waals surface area contributed by atoms with E-state index in [4.69, 9.17) is 10.5 Å². The molecule has 2 heterocycles. The average Bonchev–Trinajstić information content (AvgIpc) is 3.53. The lowest BCUT2D eigenvalue weighted by Crippen LogP contribution is -2.13. The van der Waals surface area contributed by atoms with Crippen molar-refractivity contribution in [1.29, 1.82) is 5.26 Å². The second-order valence-electron chi connectivity index (χ2n) is 8.21. The van der Waals surface area contributed by atoms with Crippen molar-refractivity contribution in [2.24, 2.45) is 5.73 Å². The fourth-order valence-electron chi connectivity index (χ4n) is 3.74. The van der Waals surface area contributed by atoms with Gasteiger partial charge in [-0.2, -0.15) is 5.26 Å². The summed E-state index contributed by atoms with van der Waals surface area (Å²) in [6.45, 7) is 0. The molecule has 1 aliphatic carbocycles. The number of nitrogens with zero attached hydrogens (tertiary/aromatic N) is 4. The van der Waals surface area contributed by atoms with E-state index in [2.05, 4.69) is 21.5 Å². The number of nitriles is 1. The lowest BCUT2D eigenvalue weighted by molar-refractivity contribution is -0.117. The Bertz CT molecular complexity index is 1470. The predicted octanol–water partition coefficient (Wildman–Crippen LogP) is 3.36. The lowest BCUT2D eigenvalue weighted by atomic mass is 9.96. The summed E-state index contributed by atoms with van der Waals surface area (Å²) in [6.07, 6.45) is 3.29. The highest BCUT2D eigenvalue weighted by Gasteiger charge is 2.45. The molecule has 168 valence electrons. The number of amides is 2. The molecule has 3 N–H and O–H groups in total. The van der Waals surface area contributed by atoms with Crippen molar-refractivity contribution >= 4 is 23.1 Å². The molecule has 2 amide bonds. The Morgan fingerprint density at radius 1 is 1.15 bits per heavy atom. The van der Waals surface area contributed by atoms with E-state index in [1.54, 1.807) is 60.8 Å². The maximum Gasteiger partial charge on any atom is 0.255 e. The normalized spacial score (nSPS) is 13.7. The van der Waals surface area contributed by atoms with Gasteiger partial charge in [0.25, 0.3) is 5.91 Å². The predicted molar refractivity (Wildman–Crippen MR) is 123 cm³/mol. The van der Waals surface area contributed by atoms with Gasteiger partial charge in [-0.05, 0) is 48.7 Å². The van der Waals surface area contributed by atoms with Crippen LogP contribution in [0.5, 0.6) is 11.6 Å². The van der Waals surface area contributed by atoms with E-state index < -0.39 is 11.3 Å². The van der Waals surface area contributed by atoms with Crippen LogP contribution in [-0.2, 0) is 16.6 Å². The van der Waals surface area contributed by atoms with E-state index in [0.29, 0.717) is 34.2 Å². The van der Waals surface area contributed by atoms with Crippen LogP contribution in [0, 0.1) is 11.3 Å². The van der Waals surface area contributed by atoms with Crippen molar-refractivity contribution in [3.8, 4) is 17.7 Å². The average molecular weight is 452 g/mol. The first kappa shape index (κ1) is 21.2. The third-order valence-corrected chi connectivity index (χ3v) is 5.66. The number of carbonyl (C=O) groups is 2. The second-order valence-corrected chi connectivity index (χ2v) is 8.21. The zero-order valence-electron chi connectivity index (χ0n) is 18.1. The van der Waals surface area contributed by atoms with Crippen molar-refractivity contribution in [2.45, 2.75) is 24.7 Å². The number of nitrogens with one attached hydrogen (secondary N) is 1. The van der Waals surface area contributed by atoms with Gasteiger partial charge in [-0.3, -0.25) is 9.59 Å². The number of carbonyl (C=O) groups excluding carboxylic acids is 2. The van der Waals surface area contributed by atoms with Gasteiger partial charge in [0.2, 0.25) is 11.8 Å². The van der Waals surface area contributed by atoms with Gasteiger partial charge < -0.3 is 15.8 Å². The molecular weight excluding hydrogens is 432 g/mol. The van der Waals surface area contributed by atoms with Gasteiger partial charge in [-0.25, -0.2) is 9.50 Å². The molecule has 4 aromatic rings. The first-order chi connectivity index (χ1) is 16.4. The summed E-state index contributed by atoms with van der Waals surface area (Å²) < 4.78 is 7.37. The summed E-state index contributed by atoms with van der Waals surface area (Å²) in [5.41, 5.74) is 7.78. The largest absolute Gasteiger partial charge is 0.438 e. The van der Waals surface area contributed by atoms with Crippen LogP contribution in [0.25, 0.3) is 5.65 Å². The molecule has 2 aromatic heterocycles. The molecule has 1 saturated carbocycles. The molecule has 0 spiro atoms. The zero-order valence-corrected chi connectivity index (χ0v) is 18.1. The van der Waals surface area contributed by atoms with Crippen LogP contribution in [-0.4, -0.2) is 26.4 Å². The van der Waals surface area contributed by atoms with E-state index >= 15 is 0 Å². The van der Waals surface area contributed by atoms with Gasteiger partial charge in [0, 0.05) is 23.4 Å². The number of rotatable bonds is 7. The Balaban J connectivity index is 1.30. The topological polar surface area (TPSA) is 135 Å².